The van der Waals surface area contributed by atoms with E-state index in [1.807, 2.05) is 42.5 Å². The minimum Gasteiger partial charge on any atom is -0.455 e. The highest BCUT2D eigenvalue weighted by molar-refractivity contribution is 6.03. The number of benzene rings is 2. The average Bonchev–Trinajstić information content (AvgIpc) is 2.96. The number of nitrogens with one attached hydrogen (secondary N) is 1. The molecule has 3 aromatic rings. The van der Waals surface area contributed by atoms with Crippen molar-refractivity contribution in [1.29, 1.82) is 0 Å². The quantitative estimate of drug-likeness (QED) is 0.789. The van der Waals surface area contributed by atoms with E-state index in [2.05, 4.69) is 10.5 Å². The Bertz CT molecular complexity index is 781. The van der Waals surface area contributed by atoms with Gasteiger partial charge in [-0.15, -0.1) is 0 Å². The van der Waals surface area contributed by atoms with E-state index < -0.39 is 0 Å². The van der Waals surface area contributed by atoms with Gasteiger partial charge in [0.2, 0.25) is 5.76 Å². The molecule has 0 aliphatic carbocycles. The molecule has 5 heteroatoms. The monoisotopic (exact) mass is 294 g/mol. The first kappa shape index (κ1) is 13.9. The van der Waals surface area contributed by atoms with Gasteiger partial charge in [0.25, 0.3) is 5.91 Å². The van der Waals surface area contributed by atoms with E-state index in [0.29, 0.717) is 22.7 Å². The molecule has 0 radical (unpaired) electrons. The van der Waals surface area contributed by atoms with Gasteiger partial charge in [-0.25, -0.2) is 0 Å². The Kier molecular flexibility index (Phi) is 3.87. The van der Waals surface area contributed by atoms with E-state index in [1.165, 1.54) is 6.20 Å². The number of aromatic nitrogens is 1. The molecule has 0 bridgehead atoms. The zero-order chi connectivity index (χ0) is 15.4. The molecule has 0 aliphatic rings. The minimum atomic E-state index is -0.362. The molecule has 1 N–H and O–H groups in total. The Morgan fingerprint density at radius 3 is 2.55 bits per heavy atom. The predicted molar refractivity (Wildman–Crippen MR) is 82.2 cm³/mol. The maximum Gasteiger partial charge on any atom is 0.294 e. The summed E-state index contributed by atoms with van der Waals surface area (Å²) in [7, 11) is 0. The van der Waals surface area contributed by atoms with Crippen LogP contribution in [0.15, 0.2) is 65.3 Å². The van der Waals surface area contributed by atoms with E-state index in [-0.39, 0.29) is 11.7 Å². The highest BCUT2D eigenvalue weighted by Crippen LogP contribution is 2.29. The van der Waals surface area contributed by atoms with Crippen LogP contribution >= 0.6 is 0 Å². The highest BCUT2D eigenvalue weighted by atomic mass is 16.5. The number of anilines is 1. The third kappa shape index (κ3) is 2.98. The average molecular weight is 294 g/mol. The topological polar surface area (TPSA) is 64.4 Å². The van der Waals surface area contributed by atoms with Gasteiger partial charge in [-0.1, -0.05) is 35.5 Å². The molecular weight excluding hydrogens is 280 g/mol. The van der Waals surface area contributed by atoms with Crippen LogP contribution in [0.2, 0.25) is 0 Å². The molecule has 0 saturated heterocycles. The number of amides is 1. The molecule has 3 rings (SSSR count). The number of ether oxygens (including phenoxy) is 1. The van der Waals surface area contributed by atoms with E-state index in [1.54, 1.807) is 19.1 Å². The summed E-state index contributed by atoms with van der Waals surface area (Å²) in [5.74, 6) is 1.08. The molecule has 110 valence electrons. The zero-order valence-electron chi connectivity index (χ0n) is 11.9. The molecule has 22 heavy (non-hydrogen) atoms. The lowest BCUT2D eigenvalue weighted by molar-refractivity contribution is 0.0987. The van der Waals surface area contributed by atoms with Crippen molar-refractivity contribution in [3.05, 3.63) is 72.1 Å². The lowest BCUT2D eigenvalue weighted by atomic mass is 10.2. The third-order valence-electron chi connectivity index (χ3n) is 3.06. The molecule has 0 saturated carbocycles. The van der Waals surface area contributed by atoms with Crippen LogP contribution in [0, 0.1) is 6.92 Å². The van der Waals surface area contributed by atoms with Crippen molar-refractivity contribution < 1.29 is 14.1 Å². The Hall–Kier alpha value is -3.08. The second-order valence-electron chi connectivity index (χ2n) is 4.70. The van der Waals surface area contributed by atoms with Gasteiger partial charge in [0.1, 0.15) is 5.75 Å². The lowest BCUT2D eigenvalue weighted by Crippen LogP contribution is -2.12. The first-order chi connectivity index (χ1) is 10.7. The van der Waals surface area contributed by atoms with Gasteiger partial charge in [0.05, 0.1) is 11.9 Å². The molecule has 0 atom stereocenters. The molecule has 0 unspecified atom stereocenters. The van der Waals surface area contributed by atoms with Crippen LogP contribution in [0.1, 0.15) is 16.1 Å². The van der Waals surface area contributed by atoms with E-state index in [4.69, 9.17) is 9.26 Å². The first-order valence-electron chi connectivity index (χ1n) is 6.78. The fraction of sp³-hybridized carbons (Fsp3) is 0.0588. The molecule has 1 aromatic heterocycles. The highest BCUT2D eigenvalue weighted by Gasteiger charge is 2.16. The second-order valence-corrected chi connectivity index (χ2v) is 4.70. The Morgan fingerprint density at radius 2 is 1.82 bits per heavy atom. The number of hydrogen-bond acceptors (Lipinski definition) is 4. The smallest absolute Gasteiger partial charge is 0.294 e. The number of hydrogen-bond donors (Lipinski definition) is 1. The largest absolute Gasteiger partial charge is 0.455 e. The Morgan fingerprint density at radius 1 is 1.09 bits per heavy atom. The van der Waals surface area contributed by atoms with Gasteiger partial charge < -0.3 is 14.6 Å². The molecular formula is C17H14N2O3. The van der Waals surface area contributed by atoms with E-state index in [9.17, 15) is 4.79 Å². The van der Waals surface area contributed by atoms with Gasteiger partial charge >= 0.3 is 0 Å². The maximum absolute atomic E-state index is 12.2. The number of carbonyl (C=O) groups excluding carboxylic acids is 1. The SMILES string of the molecule is Cc1cnoc1C(=O)Nc1ccccc1Oc1ccccc1. The summed E-state index contributed by atoms with van der Waals surface area (Å²) < 4.78 is 10.8. The van der Waals surface area contributed by atoms with Crippen LogP contribution in [-0.4, -0.2) is 11.1 Å². The number of aryl methyl sites for hydroxylation is 1. The van der Waals surface area contributed by atoms with Crippen molar-refractivity contribution >= 4 is 11.6 Å². The first-order valence-corrected chi connectivity index (χ1v) is 6.78. The summed E-state index contributed by atoms with van der Waals surface area (Å²) in [5.41, 5.74) is 1.24. The van der Waals surface area contributed by atoms with Gasteiger partial charge in [0.15, 0.2) is 5.75 Å². The normalized spacial score (nSPS) is 10.2. The molecule has 1 amide bonds. The van der Waals surface area contributed by atoms with Crippen LogP contribution in [-0.2, 0) is 0 Å². The van der Waals surface area contributed by atoms with Crippen LogP contribution < -0.4 is 10.1 Å². The lowest BCUT2D eigenvalue weighted by Gasteiger charge is -2.11. The Balaban J connectivity index is 1.83. The number of para-hydroxylation sites is 3. The molecule has 0 fully saturated rings. The van der Waals surface area contributed by atoms with Gasteiger partial charge in [-0.3, -0.25) is 4.79 Å². The fourth-order valence-corrected chi connectivity index (χ4v) is 1.96. The van der Waals surface area contributed by atoms with Crippen molar-refractivity contribution in [2.75, 3.05) is 5.32 Å². The number of rotatable bonds is 4. The summed E-state index contributed by atoms with van der Waals surface area (Å²) in [5, 5.41) is 6.38. The standard InChI is InChI=1S/C17H14N2O3/c1-12-11-18-22-16(12)17(20)19-14-9-5-6-10-15(14)21-13-7-3-2-4-8-13/h2-11H,1H3,(H,19,20). The summed E-state index contributed by atoms with van der Waals surface area (Å²) >= 11 is 0. The van der Waals surface area contributed by atoms with Gasteiger partial charge in [0, 0.05) is 5.56 Å². The van der Waals surface area contributed by atoms with Crippen molar-refractivity contribution in [3.63, 3.8) is 0 Å². The van der Waals surface area contributed by atoms with Crippen molar-refractivity contribution in [3.8, 4) is 11.5 Å². The summed E-state index contributed by atoms with van der Waals surface area (Å²) in [4.78, 5) is 12.2. The van der Waals surface area contributed by atoms with Crippen molar-refractivity contribution in [2.24, 2.45) is 0 Å². The van der Waals surface area contributed by atoms with E-state index >= 15 is 0 Å². The van der Waals surface area contributed by atoms with Crippen molar-refractivity contribution in [1.82, 2.24) is 5.16 Å². The number of nitrogens with zero attached hydrogens (tertiary/aromatic N) is 1. The van der Waals surface area contributed by atoms with Crippen LogP contribution in [0.4, 0.5) is 5.69 Å². The van der Waals surface area contributed by atoms with Gasteiger partial charge in [-0.2, -0.15) is 0 Å². The molecule has 2 aromatic carbocycles. The van der Waals surface area contributed by atoms with Crippen LogP contribution in [0.3, 0.4) is 0 Å². The molecule has 0 spiro atoms. The predicted octanol–water partition coefficient (Wildman–Crippen LogP) is 4.03. The van der Waals surface area contributed by atoms with Crippen LogP contribution in [0.25, 0.3) is 0 Å². The van der Waals surface area contributed by atoms with Gasteiger partial charge in [-0.05, 0) is 31.2 Å². The summed E-state index contributed by atoms with van der Waals surface area (Å²) in [6.07, 6.45) is 1.50. The summed E-state index contributed by atoms with van der Waals surface area (Å²) in [6.45, 7) is 1.76. The van der Waals surface area contributed by atoms with Crippen LogP contribution in [0.5, 0.6) is 11.5 Å². The number of carbonyl (C=O) groups is 1. The third-order valence-corrected chi connectivity index (χ3v) is 3.06. The van der Waals surface area contributed by atoms with E-state index in [0.717, 1.165) is 0 Å². The Labute approximate surface area is 127 Å². The fourth-order valence-electron chi connectivity index (χ4n) is 1.96. The minimum absolute atomic E-state index is 0.189. The summed E-state index contributed by atoms with van der Waals surface area (Å²) in [6, 6.07) is 16.6. The maximum atomic E-state index is 12.2. The molecule has 5 nitrogen and oxygen atoms in total. The molecule has 0 aliphatic heterocycles. The van der Waals surface area contributed by atoms with Crippen molar-refractivity contribution in [2.45, 2.75) is 6.92 Å². The molecule has 1 heterocycles. The second kappa shape index (κ2) is 6.13. The zero-order valence-corrected chi connectivity index (χ0v) is 11.9.